The van der Waals surface area contributed by atoms with Gasteiger partial charge in [-0.1, -0.05) is 23.7 Å². The minimum absolute atomic E-state index is 0.0376. The number of hydrogen-bond donors (Lipinski definition) is 7. The first kappa shape index (κ1) is 64.2. The van der Waals surface area contributed by atoms with Crippen LogP contribution >= 0.6 is 11.6 Å². The average Bonchev–Trinajstić information content (AvgIpc) is 1.28. The highest BCUT2D eigenvalue weighted by Gasteiger charge is 2.52. The zero-order chi connectivity index (χ0) is 63.7. The van der Waals surface area contributed by atoms with E-state index in [1.54, 1.807) is 13.0 Å². The lowest BCUT2D eigenvalue weighted by Crippen LogP contribution is -2.41. The molecule has 1 atom stereocenters. The number of para-hydroxylation sites is 2. The maximum absolute atomic E-state index is 15.1. The third kappa shape index (κ3) is 13.7. The van der Waals surface area contributed by atoms with Crippen LogP contribution in [0.5, 0.6) is 0 Å². The molecule has 1 unspecified atom stereocenters. The predicted molar refractivity (Wildman–Crippen MR) is 316 cm³/mol. The molecule has 3 aliphatic rings. The number of hydrogen-bond acceptors (Lipinski definition) is 16. The first-order valence-electron chi connectivity index (χ1n) is 27.7. The number of halogens is 7. The molecule has 1 aliphatic heterocycles. The van der Waals surface area contributed by atoms with Crippen LogP contribution in [0.2, 0.25) is 5.15 Å². The van der Waals surface area contributed by atoms with E-state index in [9.17, 15) is 46.2 Å². The van der Waals surface area contributed by atoms with Gasteiger partial charge < -0.3 is 50.6 Å². The van der Waals surface area contributed by atoms with Gasteiger partial charge in [-0.15, -0.1) is 0 Å². The molecule has 8 aromatic rings. The molecule has 2 saturated carbocycles. The second-order valence-corrected chi connectivity index (χ2v) is 22.4. The zero-order valence-electron chi connectivity index (χ0n) is 48.4. The van der Waals surface area contributed by atoms with Crippen molar-refractivity contribution < 1.29 is 65.3 Å². The van der Waals surface area contributed by atoms with E-state index >= 15 is 4.39 Å². The molecule has 7 N–H and O–H groups in total. The van der Waals surface area contributed by atoms with Crippen molar-refractivity contribution in [2.45, 2.75) is 103 Å². The lowest BCUT2D eigenvalue weighted by molar-refractivity contribution is 0.00578. The summed E-state index contributed by atoms with van der Waals surface area (Å²) >= 11 is 6.10. The van der Waals surface area contributed by atoms with Gasteiger partial charge in [0.15, 0.2) is 17.5 Å². The number of fused-ring (bicyclic) bond motifs is 2. The number of carbonyl (C=O) groups is 2. The van der Waals surface area contributed by atoms with Gasteiger partial charge in [-0.2, -0.15) is 9.97 Å². The van der Waals surface area contributed by atoms with Crippen molar-refractivity contribution >= 4 is 70.0 Å². The lowest BCUT2D eigenvalue weighted by atomic mass is 9.75. The molecule has 2 aliphatic carbocycles. The number of benzene rings is 4. The van der Waals surface area contributed by atoms with Gasteiger partial charge in [0.05, 0.1) is 48.1 Å². The summed E-state index contributed by atoms with van der Waals surface area (Å²) in [7, 11) is 0.644. The van der Waals surface area contributed by atoms with Crippen molar-refractivity contribution in [3.05, 3.63) is 168 Å². The number of nitrogens with zero attached hydrogens (tertiary/aromatic N) is 6. The molecule has 462 valence electrons. The maximum Gasteiger partial charge on any atom is 0.495 e. The minimum atomic E-state index is -1.01. The van der Waals surface area contributed by atoms with Crippen LogP contribution in [0.3, 0.4) is 0 Å². The Hall–Kier alpha value is -8.31. The molecule has 1 saturated heterocycles. The number of ether oxygens (including phenoxy) is 1. The number of aromatic nitrogens is 6. The first-order chi connectivity index (χ1) is 41.8. The van der Waals surface area contributed by atoms with E-state index in [1.807, 2.05) is 27.7 Å². The SMILES string of the molecule is COC(CO)Nc1nc(-c2cc(C(=O)NC3CC3)cc(F)c2C)c2ccc(=O)n(-c3c(F)cccc3F)c2n1.Cc1c(F)cc(C(=O)NC2CC2)cc1B1OC(C)(C)C(C)(C)O1.O=c1ccc2c(Cl)nc(NC(CO)CO)nc2n1-c1c(F)cccc1F. The molecule has 2 amide bonds. The quantitative estimate of drug-likeness (QED) is 0.0217. The molecule has 0 radical (unpaired) electrons. The molecule has 5 heterocycles. The number of aliphatic hydroxyl groups excluding tert-OH is 3. The van der Waals surface area contributed by atoms with Crippen molar-refractivity contribution in [1.82, 2.24) is 39.7 Å². The Morgan fingerprint density at radius 3 is 1.56 bits per heavy atom. The number of rotatable bonds is 16. The molecule has 4 aromatic carbocycles. The van der Waals surface area contributed by atoms with Crippen molar-refractivity contribution in [1.29, 1.82) is 0 Å². The van der Waals surface area contributed by atoms with E-state index in [1.165, 1.54) is 44.4 Å². The van der Waals surface area contributed by atoms with E-state index in [0.717, 1.165) is 83.3 Å². The Labute approximate surface area is 504 Å². The largest absolute Gasteiger partial charge is 0.495 e. The molecular formula is C60H60BClF6N10O10. The Balaban J connectivity index is 0.000000165. The van der Waals surface area contributed by atoms with Gasteiger partial charge in [0.25, 0.3) is 22.9 Å². The van der Waals surface area contributed by atoms with Crippen LogP contribution in [0.4, 0.5) is 38.2 Å². The third-order valence-corrected chi connectivity index (χ3v) is 15.4. The number of amides is 2. The molecular weight excluding hydrogens is 1180 g/mol. The number of anilines is 2. The first-order valence-corrected chi connectivity index (χ1v) is 28.0. The summed E-state index contributed by atoms with van der Waals surface area (Å²) in [5, 5.41) is 39.3. The summed E-state index contributed by atoms with van der Waals surface area (Å²) in [5.41, 5.74) is -2.28. The van der Waals surface area contributed by atoms with E-state index < -0.39 is 114 Å². The number of carbonyl (C=O) groups excluding carboxylic acids is 2. The van der Waals surface area contributed by atoms with E-state index in [0.29, 0.717) is 16.6 Å². The van der Waals surface area contributed by atoms with Gasteiger partial charge in [-0.05, 0) is 144 Å². The second kappa shape index (κ2) is 26.2. The smallest absolute Gasteiger partial charge is 0.399 e. The standard InChI is InChI=1S/C27H24F3N5O4.C17H23BFNO3.C16H13ClF2N4O3/c1-13-17(10-14(11-20(13)30)26(38)31-15-6-7-15)23-16-8-9-22(37)35(24-18(28)4-3-5-19(24)29)25(16)34-27(33-23)32-21(12-36)39-2;1-10-13(18-22-16(2,3)17(4,5)23-18)8-11(9-14(10)19)15(21)20-12-6-7-12;17-14-9-4-5-12(26)23(13-10(18)2-1-3-11(13)19)15(9)22-16(21-14)20-8(6-24)7-25/h3-5,8-11,15,21,36H,6-7,12H2,1-2H3,(H,31,38)(H,32,33,34);8-9,12H,6-7H2,1-5H3,(H,20,21);1-5,8,24-25H,6-7H2,(H,20,21,22). The Kier molecular flexibility index (Phi) is 19.1. The van der Waals surface area contributed by atoms with Crippen LogP contribution in [0.15, 0.2) is 94.5 Å². The number of aliphatic hydroxyl groups is 3. The minimum Gasteiger partial charge on any atom is -0.399 e. The van der Waals surface area contributed by atoms with Crippen molar-refractivity contribution in [2.75, 3.05) is 37.6 Å². The van der Waals surface area contributed by atoms with Gasteiger partial charge in [0, 0.05) is 53.4 Å². The summed E-state index contributed by atoms with van der Waals surface area (Å²) in [6, 6.07) is 16.3. The van der Waals surface area contributed by atoms with Crippen LogP contribution < -0.4 is 37.8 Å². The van der Waals surface area contributed by atoms with Gasteiger partial charge in [-0.25, -0.2) is 36.3 Å². The number of pyridine rings is 2. The van der Waals surface area contributed by atoms with Crippen LogP contribution in [-0.2, 0) is 14.0 Å². The highest BCUT2D eigenvalue weighted by atomic mass is 35.5. The number of methoxy groups -OCH3 is 1. The Morgan fingerprint density at radius 2 is 1.09 bits per heavy atom. The number of nitrogens with one attached hydrogen (secondary N) is 4. The maximum atomic E-state index is 15.1. The van der Waals surface area contributed by atoms with E-state index in [4.69, 9.17) is 35.9 Å². The highest BCUT2D eigenvalue weighted by Crippen LogP contribution is 2.38. The monoisotopic (exact) mass is 1240 g/mol. The van der Waals surface area contributed by atoms with E-state index in [2.05, 4.69) is 41.2 Å². The normalized spacial score (nSPS) is 15.3. The molecule has 0 bridgehead atoms. The second-order valence-electron chi connectivity index (χ2n) is 22.0. The summed E-state index contributed by atoms with van der Waals surface area (Å²) in [4.78, 5) is 67.1. The van der Waals surface area contributed by atoms with Gasteiger partial charge in [0.1, 0.15) is 51.4 Å². The fourth-order valence-electron chi connectivity index (χ4n) is 9.11. The molecule has 3 fully saturated rings. The summed E-state index contributed by atoms with van der Waals surface area (Å²) in [6.07, 6.45) is 2.69. The van der Waals surface area contributed by atoms with Gasteiger partial charge in [-0.3, -0.25) is 28.3 Å². The van der Waals surface area contributed by atoms with Crippen LogP contribution in [0.25, 0.3) is 44.7 Å². The summed E-state index contributed by atoms with van der Waals surface area (Å²) in [6.45, 7) is 9.64. The van der Waals surface area contributed by atoms with Crippen molar-refractivity contribution in [3.63, 3.8) is 0 Å². The molecule has 11 rings (SSSR count). The van der Waals surface area contributed by atoms with Crippen molar-refractivity contribution in [2.24, 2.45) is 0 Å². The molecule has 0 spiro atoms. The van der Waals surface area contributed by atoms with Crippen LogP contribution in [0.1, 0.15) is 85.2 Å². The molecule has 28 heteroatoms. The van der Waals surface area contributed by atoms with Crippen LogP contribution in [-0.4, -0.2) is 126 Å². The topological polar surface area (TPSA) is 266 Å². The third-order valence-electron chi connectivity index (χ3n) is 15.1. The summed E-state index contributed by atoms with van der Waals surface area (Å²) in [5.74, 6) is -6.01. The van der Waals surface area contributed by atoms with Gasteiger partial charge in [0.2, 0.25) is 11.9 Å². The van der Waals surface area contributed by atoms with Crippen LogP contribution in [0, 0.1) is 48.8 Å². The lowest BCUT2D eigenvalue weighted by Gasteiger charge is -2.32. The molecule has 4 aromatic heterocycles. The molecule has 20 nitrogen and oxygen atoms in total. The van der Waals surface area contributed by atoms with E-state index in [-0.39, 0.29) is 79.5 Å². The zero-order valence-corrected chi connectivity index (χ0v) is 49.2. The predicted octanol–water partition coefficient (Wildman–Crippen LogP) is 7.25. The Morgan fingerprint density at radius 1 is 0.636 bits per heavy atom. The van der Waals surface area contributed by atoms with Gasteiger partial charge >= 0.3 is 7.12 Å². The Bertz CT molecular complexity index is 4070. The summed E-state index contributed by atoms with van der Waals surface area (Å²) < 4.78 is 106. The molecule has 88 heavy (non-hydrogen) atoms. The fraction of sp³-hybridized carbons (Fsp3) is 0.333. The average molecular weight is 1240 g/mol. The van der Waals surface area contributed by atoms with Crippen molar-refractivity contribution in [3.8, 4) is 22.6 Å². The highest BCUT2D eigenvalue weighted by molar-refractivity contribution is 6.62. The fourth-order valence-corrected chi connectivity index (χ4v) is 9.34.